The number of nitrogens with one attached hydrogen (secondary N) is 1. The molecule has 0 fully saturated rings. The van der Waals surface area contributed by atoms with Gasteiger partial charge < -0.3 is 9.47 Å². The Morgan fingerprint density at radius 1 is 1.26 bits per heavy atom. The normalized spacial score (nSPS) is 12.6. The summed E-state index contributed by atoms with van der Waals surface area (Å²) in [5, 5.41) is 3.08. The smallest absolute Gasteiger partial charge is 0.256 e. The van der Waals surface area contributed by atoms with Crippen molar-refractivity contribution in [2.24, 2.45) is 0 Å². The first-order valence-corrected chi connectivity index (χ1v) is 8.83. The summed E-state index contributed by atoms with van der Waals surface area (Å²) in [7, 11) is 1.57. The Hall–Kier alpha value is -3.26. The molecule has 0 spiro atoms. The van der Waals surface area contributed by atoms with E-state index in [1.807, 2.05) is 12.1 Å². The first kappa shape index (κ1) is 17.2. The number of ether oxygens (including phenoxy) is 2. The summed E-state index contributed by atoms with van der Waals surface area (Å²) in [6, 6.07) is 11.3. The van der Waals surface area contributed by atoms with Gasteiger partial charge in [-0.25, -0.2) is 4.39 Å². The number of hydrogen-bond acceptors (Lipinski definition) is 6. The Morgan fingerprint density at radius 2 is 2.07 bits per heavy atom. The van der Waals surface area contributed by atoms with E-state index in [0.29, 0.717) is 33.6 Å². The molecule has 2 aromatic carbocycles. The van der Waals surface area contributed by atoms with Crippen LogP contribution >= 0.6 is 11.5 Å². The van der Waals surface area contributed by atoms with E-state index in [9.17, 15) is 9.18 Å². The average Bonchev–Trinajstić information content (AvgIpc) is 3.16. The maximum Gasteiger partial charge on any atom is 0.256 e. The van der Waals surface area contributed by atoms with Crippen LogP contribution in [0.5, 0.6) is 11.5 Å². The molecule has 1 N–H and O–H groups in total. The number of nitrogens with zero attached hydrogens (tertiary/aromatic N) is 2. The van der Waals surface area contributed by atoms with Crippen LogP contribution in [0.4, 0.5) is 9.52 Å². The number of methoxy groups -OCH3 is 1. The maximum absolute atomic E-state index is 13.0. The highest BCUT2D eigenvalue weighted by molar-refractivity contribution is 7.10. The summed E-state index contributed by atoms with van der Waals surface area (Å²) in [5.74, 6) is 1.02. The number of aromatic nitrogens is 2. The fraction of sp³-hybridized carbons (Fsp3) is 0.105. The third kappa shape index (κ3) is 3.52. The van der Waals surface area contributed by atoms with Gasteiger partial charge in [0.25, 0.3) is 5.91 Å². The Labute approximate surface area is 158 Å². The maximum atomic E-state index is 13.0. The summed E-state index contributed by atoms with van der Waals surface area (Å²) in [5.41, 5.74) is 1.92. The summed E-state index contributed by atoms with van der Waals surface area (Å²) >= 11 is 1.06. The minimum Gasteiger partial charge on any atom is -0.493 e. The molecule has 0 bridgehead atoms. The molecule has 3 aromatic rings. The van der Waals surface area contributed by atoms with Gasteiger partial charge in [-0.3, -0.25) is 10.1 Å². The van der Waals surface area contributed by atoms with Crippen LogP contribution in [0.1, 0.15) is 5.56 Å². The third-order valence-corrected chi connectivity index (χ3v) is 4.60. The van der Waals surface area contributed by atoms with Crippen LogP contribution in [-0.4, -0.2) is 29.0 Å². The van der Waals surface area contributed by atoms with Crippen LogP contribution < -0.4 is 14.8 Å². The van der Waals surface area contributed by atoms with Gasteiger partial charge in [0, 0.05) is 22.7 Å². The molecule has 27 heavy (non-hydrogen) atoms. The number of carbonyl (C=O) groups is 1. The monoisotopic (exact) mass is 383 g/mol. The predicted octanol–water partition coefficient (Wildman–Crippen LogP) is 3.77. The Morgan fingerprint density at radius 3 is 2.85 bits per heavy atom. The minimum absolute atomic E-state index is 0.128. The lowest BCUT2D eigenvalue weighted by Gasteiger charge is -2.19. The molecule has 0 atom stereocenters. The molecule has 0 saturated carbocycles. The van der Waals surface area contributed by atoms with Gasteiger partial charge in [0.1, 0.15) is 12.4 Å². The molecule has 4 rings (SSSR count). The second-order valence-electron chi connectivity index (χ2n) is 5.72. The van der Waals surface area contributed by atoms with Crippen LogP contribution in [0, 0.1) is 5.82 Å². The van der Waals surface area contributed by atoms with Crippen molar-refractivity contribution in [1.82, 2.24) is 9.36 Å². The Bertz CT molecular complexity index is 1030. The molecule has 136 valence electrons. The van der Waals surface area contributed by atoms with Crippen LogP contribution in [0.15, 0.2) is 48.0 Å². The molecular formula is C19H14FN3O3S. The van der Waals surface area contributed by atoms with E-state index < -0.39 is 0 Å². The van der Waals surface area contributed by atoms with Gasteiger partial charge in [0.15, 0.2) is 17.3 Å². The Balaban J connectivity index is 1.51. The number of anilines is 1. The lowest BCUT2D eigenvalue weighted by Crippen LogP contribution is -2.21. The van der Waals surface area contributed by atoms with Crippen molar-refractivity contribution in [3.63, 3.8) is 0 Å². The van der Waals surface area contributed by atoms with E-state index >= 15 is 0 Å². The number of rotatable bonds is 4. The van der Waals surface area contributed by atoms with Crippen molar-refractivity contribution >= 4 is 28.6 Å². The van der Waals surface area contributed by atoms with E-state index in [2.05, 4.69) is 14.7 Å². The molecule has 0 saturated heterocycles. The van der Waals surface area contributed by atoms with Gasteiger partial charge in [0.2, 0.25) is 5.13 Å². The van der Waals surface area contributed by atoms with Crippen LogP contribution in [0.3, 0.4) is 0 Å². The van der Waals surface area contributed by atoms with Crippen LogP contribution in [-0.2, 0) is 4.79 Å². The van der Waals surface area contributed by atoms with Crippen LogP contribution in [0.2, 0.25) is 0 Å². The highest BCUT2D eigenvalue weighted by atomic mass is 32.1. The van der Waals surface area contributed by atoms with E-state index in [0.717, 1.165) is 17.1 Å². The summed E-state index contributed by atoms with van der Waals surface area (Å²) in [6.07, 6.45) is 1.76. The standard InChI is InChI=1S/C19H14FN3O3S/c1-25-15-4-2-3-12-9-13(10-26-16(12)15)18(24)22-19-21-17(23-27-19)11-5-7-14(20)8-6-11/h2-9H,10H2,1H3,(H,21,22,23,24). The van der Waals surface area contributed by atoms with E-state index in [1.165, 1.54) is 12.1 Å². The third-order valence-electron chi connectivity index (χ3n) is 3.97. The summed E-state index contributed by atoms with van der Waals surface area (Å²) in [6.45, 7) is 0.128. The number of amides is 1. The zero-order chi connectivity index (χ0) is 18.8. The van der Waals surface area contributed by atoms with Gasteiger partial charge in [0.05, 0.1) is 12.7 Å². The summed E-state index contributed by atoms with van der Waals surface area (Å²) in [4.78, 5) is 16.8. The molecule has 0 aliphatic carbocycles. The van der Waals surface area contributed by atoms with Crippen molar-refractivity contribution in [3.8, 4) is 22.9 Å². The molecular weight excluding hydrogens is 369 g/mol. The zero-order valence-corrected chi connectivity index (χ0v) is 15.0. The van der Waals surface area contributed by atoms with Gasteiger partial charge in [-0.05, 0) is 36.4 Å². The highest BCUT2D eigenvalue weighted by Crippen LogP contribution is 2.35. The Kier molecular flexibility index (Phi) is 4.55. The number of benzene rings is 2. The van der Waals surface area contributed by atoms with Gasteiger partial charge in [-0.1, -0.05) is 12.1 Å². The molecule has 1 amide bonds. The lowest BCUT2D eigenvalue weighted by molar-refractivity contribution is -0.113. The first-order valence-electron chi connectivity index (χ1n) is 8.05. The fourth-order valence-corrected chi connectivity index (χ4v) is 3.22. The number of halogens is 1. The topological polar surface area (TPSA) is 73.3 Å². The fourth-order valence-electron chi connectivity index (χ4n) is 2.64. The quantitative estimate of drug-likeness (QED) is 0.742. The van der Waals surface area contributed by atoms with Crippen molar-refractivity contribution in [3.05, 3.63) is 59.4 Å². The minimum atomic E-state index is -0.330. The number of hydrogen-bond donors (Lipinski definition) is 1. The van der Waals surface area contributed by atoms with Crippen molar-refractivity contribution in [2.75, 3.05) is 19.0 Å². The molecule has 1 aliphatic heterocycles. The second kappa shape index (κ2) is 7.16. The highest BCUT2D eigenvalue weighted by Gasteiger charge is 2.21. The van der Waals surface area contributed by atoms with E-state index in [1.54, 1.807) is 31.4 Å². The number of fused-ring (bicyclic) bond motifs is 1. The van der Waals surface area contributed by atoms with Gasteiger partial charge >= 0.3 is 0 Å². The van der Waals surface area contributed by atoms with E-state index in [-0.39, 0.29) is 18.3 Å². The second-order valence-corrected chi connectivity index (χ2v) is 6.47. The molecule has 1 aliphatic rings. The van der Waals surface area contributed by atoms with E-state index in [4.69, 9.17) is 9.47 Å². The molecule has 1 aromatic heterocycles. The molecule has 2 heterocycles. The van der Waals surface area contributed by atoms with Gasteiger partial charge in [-0.15, -0.1) is 0 Å². The summed E-state index contributed by atoms with van der Waals surface area (Å²) < 4.78 is 28.2. The predicted molar refractivity (Wildman–Crippen MR) is 100 cm³/mol. The molecule has 8 heteroatoms. The number of para-hydroxylation sites is 1. The lowest BCUT2D eigenvalue weighted by atomic mass is 10.1. The largest absolute Gasteiger partial charge is 0.493 e. The SMILES string of the molecule is COc1cccc2c1OCC(C(=O)Nc1nc(-c3ccc(F)cc3)ns1)=C2. The first-order chi connectivity index (χ1) is 13.1. The van der Waals surface area contributed by atoms with Crippen LogP contribution in [0.25, 0.3) is 17.5 Å². The molecule has 6 nitrogen and oxygen atoms in total. The van der Waals surface area contributed by atoms with Crippen molar-refractivity contribution in [2.45, 2.75) is 0 Å². The average molecular weight is 383 g/mol. The van der Waals surface area contributed by atoms with Crippen molar-refractivity contribution < 1.29 is 18.7 Å². The zero-order valence-electron chi connectivity index (χ0n) is 14.2. The number of carbonyl (C=O) groups excluding carboxylic acids is 1. The van der Waals surface area contributed by atoms with Gasteiger partial charge in [-0.2, -0.15) is 9.36 Å². The van der Waals surface area contributed by atoms with Crippen molar-refractivity contribution in [1.29, 1.82) is 0 Å². The molecule has 0 unspecified atom stereocenters. The molecule has 0 radical (unpaired) electrons.